The van der Waals surface area contributed by atoms with Crippen LogP contribution in [0.2, 0.25) is 0 Å². The molecule has 4 aromatic rings. The minimum atomic E-state index is -0.760. The number of aromatic nitrogens is 3. The molecule has 0 amide bonds. The topological polar surface area (TPSA) is 69.4 Å². The van der Waals surface area contributed by atoms with Crippen molar-refractivity contribution in [3.05, 3.63) is 116 Å². The third-order valence-electron chi connectivity index (χ3n) is 7.07. The molecule has 4 rings (SSSR count). The molecular weight excluding hydrogens is 502 g/mol. The molecule has 39 heavy (non-hydrogen) atoms. The Hall–Kier alpha value is -4.11. The molecule has 2 aromatic heterocycles. The summed E-state index contributed by atoms with van der Waals surface area (Å²) in [6, 6.07) is 16.1. The van der Waals surface area contributed by atoms with Crippen LogP contribution in [-0.4, -0.2) is 45.8 Å². The zero-order valence-corrected chi connectivity index (χ0v) is 22.5. The molecule has 0 N–H and O–H groups in total. The average Bonchev–Trinajstić information content (AvgIpc) is 2.94. The highest BCUT2D eigenvalue weighted by Crippen LogP contribution is 2.24. The number of hydrogen-bond acceptors (Lipinski definition) is 5. The Kier molecular flexibility index (Phi) is 8.71. The number of rotatable bonds is 10. The van der Waals surface area contributed by atoms with Crippen molar-refractivity contribution in [2.24, 2.45) is 0 Å². The second-order valence-corrected chi connectivity index (χ2v) is 9.58. The fourth-order valence-corrected chi connectivity index (χ4v) is 4.56. The van der Waals surface area contributed by atoms with Gasteiger partial charge in [-0.3, -0.25) is 18.9 Å². The lowest BCUT2D eigenvalue weighted by Crippen LogP contribution is -2.46. The predicted octanol–water partition coefficient (Wildman–Crippen LogP) is 4.28. The molecule has 0 saturated heterocycles. The summed E-state index contributed by atoms with van der Waals surface area (Å²) < 4.78 is 36.9. The molecular formula is C30H32F2N4O3. The van der Waals surface area contributed by atoms with E-state index in [4.69, 9.17) is 4.74 Å². The Bertz CT molecular complexity index is 1550. The van der Waals surface area contributed by atoms with E-state index in [1.54, 1.807) is 37.4 Å². The molecule has 7 nitrogen and oxygen atoms in total. The highest BCUT2D eigenvalue weighted by atomic mass is 19.1. The molecule has 0 radical (unpaired) electrons. The molecule has 2 heterocycles. The van der Waals surface area contributed by atoms with Crippen LogP contribution in [0.3, 0.4) is 0 Å². The first-order valence-corrected chi connectivity index (χ1v) is 12.7. The lowest BCUT2D eigenvalue weighted by Gasteiger charge is -2.26. The first-order valence-electron chi connectivity index (χ1n) is 12.7. The van der Waals surface area contributed by atoms with Crippen LogP contribution in [0.15, 0.2) is 76.4 Å². The zero-order valence-electron chi connectivity index (χ0n) is 22.5. The van der Waals surface area contributed by atoms with Gasteiger partial charge in [0.2, 0.25) is 0 Å². The van der Waals surface area contributed by atoms with E-state index in [0.29, 0.717) is 30.0 Å². The SMILES string of the molecule is COc1cccc(-c2c(C)n(Cc3c(F)cccc3F)c(=O)n(C[C@H](C)N(C)CCc3ccccn3)c2=O)c1. The third kappa shape index (κ3) is 6.15. The standard InChI is InChI=1S/C30H32F2N4O3/c1-20(34(3)16-14-23-10-5-6-15-33-23)18-36-29(37)28(22-9-7-11-24(17-22)39-4)21(2)35(30(36)38)19-25-26(31)12-8-13-27(25)32/h5-13,15,17,20H,14,16,18-19H2,1-4H3/t20-/m0/s1. The Morgan fingerprint density at radius 1 is 1.00 bits per heavy atom. The van der Waals surface area contributed by atoms with Crippen LogP contribution in [-0.2, 0) is 19.5 Å². The van der Waals surface area contributed by atoms with Crippen LogP contribution >= 0.6 is 0 Å². The summed E-state index contributed by atoms with van der Waals surface area (Å²) in [6.07, 6.45) is 2.45. The van der Waals surface area contributed by atoms with Gasteiger partial charge in [0.25, 0.3) is 5.56 Å². The number of methoxy groups -OCH3 is 1. The largest absolute Gasteiger partial charge is 0.497 e. The van der Waals surface area contributed by atoms with Crippen molar-refractivity contribution in [3.8, 4) is 16.9 Å². The molecule has 0 aliphatic carbocycles. The monoisotopic (exact) mass is 534 g/mol. The molecule has 0 fully saturated rings. The van der Waals surface area contributed by atoms with Gasteiger partial charge in [-0.25, -0.2) is 13.6 Å². The smallest absolute Gasteiger partial charge is 0.331 e. The molecule has 0 aliphatic heterocycles. The van der Waals surface area contributed by atoms with E-state index in [2.05, 4.69) is 4.98 Å². The van der Waals surface area contributed by atoms with Gasteiger partial charge in [-0.2, -0.15) is 0 Å². The van der Waals surface area contributed by atoms with Crippen LogP contribution in [0.5, 0.6) is 5.75 Å². The maximum atomic E-state index is 14.6. The van der Waals surface area contributed by atoms with E-state index < -0.39 is 22.9 Å². The number of pyridine rings is 1. The fourth-order valence-electron chi connectivity index (χ4n) is 4.56. The van der Waals surface area contributed by atoms with Crippen LogP contribution in [0.1, 0.15) is 23.9 Å². The van der Waals surface area contributed by atoms with Crippen molar-refractivity contribution in [3.63, 3.8) is 0 Å². The highest BCUT2D eigenvalue weighted by molar-refractivity contribution is 5.66. The van der Waals surface area contributed by atoms with Gasteiger partial charge >= 0.3 is 5.69 Å². The summed E-state index contributed by atoms with van der Waals surface area (Å²) in [5.41, 5.74) is 0.729. The molecule has 0 bridgehead atoms. The van der Waals surface area contributed by atoms with Crippen molar-refractivity contribution in [2.75, 3.05) is 20.7 Å². The van der Waals surface area contributed by atoms with Gasteiger partial charge in [0, 0.05) is 48.7 Å². The van der Waals surface area contributed by atoms with Crippen molar-refractivity contribution in [2.45, 2.75) is 39.4 Å². The highest BCUT2D eigenvalue weighted by Gasteiger charge is 2.22. The number of nitrogens with zero attached hydrogens (tertiary/aromatic N) is 4. The minimum Gasteiger partial charge on any atom is -0.497 e. The van der Waals surface area contributed by atoms with Crippen LogP contribution in [0, 0.1) is 18.6 Å². The maximum absolute atomic E-state index is 14.6. The summed E-state index contributed by atoms with van der Waals surface area (Å²) in [5, 5.41) is 0. The van der Waals surface area contributed by atoms with Crippen molar-refractivity contribution >= 4 is 0 Å². The molecule has 204 valence electrons. The molecule has 1 atom stereocenters. The number of likely N-dealkylation sites (N-methyl/N-ethyl adjacent to an activating group) is 1. The van der Waals surface area contributed by atoms with Crippen molar-refractivity contribution < 1.29 is 13.5 Å². The minimum absolute atomic E-state index is 0.0907. The van der Waals surface area contributed by atoms with Crippen molar-refractivity contribution in [1.82, 2.24) is 19.0 Å². The van der Waals surface area contributed by atoms with Gasteiger partial charge in [-0.1, -0.05) is 24.3 Å². The summed E-state index contributed by atoms with van der Waals surface area (Å²) in [7, 11) is 3.44. The number of benzene rings is 2. The van der Waals surface area contributed by atoms with E-state index >= 15 is 0 Å². The zero-order chi connectivity index (χ0) is 28.1. The summed E-state index contributed by atoms with van der Waals surface area (Å²) in [5.74, 6) is -0.979. The quantitative estimate of drug-likeness (QED) is 0.304. The van der Waals surface area contributed by atoms with Gasteiger partial charge in [0.15, 0.2) is 0 Å². The van der Waals surface area contributed by atoms with Gasteiger partial charge in [0.05, 0.1) is 19.2 Å². The third-order valence-corrected chi connectivity index (χ3v) is 7.07. The first kappa shape index (κ1) is 27.9. The van der Waals surface area contributed by atoms with Gasteiger partial charge in [-0.05, 0) is 62.9 Å². The van der Waals surface area contributed by atoms with E-state index in [0.717, 1.165) is 22.4 Å². The van der Waals surface area contributed by atoms with Crippen molar-refractivity contribution in [1.29, 1.82) is 0 Å². The second-order valence-electron chi connectivity index (χ2n) is 9.58. The molecule has 0 unspecified atom stereocenters. The molecule has 9 heteroatoms. The second kappa shape index (κ2) is 12.2. The summed E-state index contributed by atoms with van der Waals surface area (Å²) in [6.45, 7) is 3.94. The van der Waals surface area contributed by atoms with Gasteiger partial charge in [0.1, 0.15) is 17.4 Å². The number of halogens is 2. The molecule has 0 saturated carbocycles. The van der Waals surface area contributed by atoms with Crippen LogP contribution in [0.4, 0.5) is 8.78 Å². The summed E-state index contributed by atoms with van der Waals surface area (Å²) in [4.78, 5) is 33.9. The van der Waals surface area contributed by atoms with Crippen LogP contribution in [0.25, 0.3) is 11.1 Å². The number of ether oxygens (including phenoxy) is 1. The predicted molar refractivity (Wildman–Crippen MR) is 147 cm³/mol. The van der Waals surface area contributed by atoms with E-state index in [1.165, 1.54) is 17.7 Å². The van der Waals surface area contributed by atoms with Gasteiger partial charge in [-0.15, -0.1) is 0 Å². The lowest BCUT2D eigenvalue weighted by molar-refractivity contribution is 0.232. The van der Waals surface area contributed by atoms with Crippen LogP contribution < -0.4 is 16.0 Å². The van der Waals surface area contributed by atoms with Gasteiger partial charge < -0.3 is 9.64 Å². The Labute approximate surface area is 225 Å². The number of hydrogen-bond donors (Lipinski definition) is 0. The fraction of sp³-hybridized carbons (Fsp3) is 0.300. The average molecular weight is 535 g/mol. The Balaban J connectivity index is 1.77. The molecule has 0 aliphatic rings. The summed E-state index contributed by atoms with van der Waals surface area (Å²) >= 11 is 0. The lowest BCUT2D eigenvalue weighted by atomic mass is 10.0. The Morgan fingerprint density at radius 3 is 2.38 bits per heavy atom. The Morgan fingerprint density at radius 2 is 1.72 bits per heavy atom. The maximum Gasteiger partial charge on any atom is 0.331 e. The van der Waals surface area contributed by atoms with E-state index in [1.807, 2.05) is 37.1 Å². The van der Waals surface area contributed by atoms with E-state index in [-0.39, 0.29) is 30.3 Å². The first-order chi connectivity index (χ1) is 18.7. The normalized spacial score (nSPS) is 12.1. The molecule has 2 aromatic carbocycles. The molecule has 0 spiro atoms. The van der Waals surface area contributed by atoms with E-state index in [9.17, 15) is 18.4 Å².